The summed E-state index contributed by atoms with van der Waals surface area (Å²) in [4.78, 5) is 0. The Balaban J connectivity index is 2.92. The van der Waals surface area contributed by atoms with E-state index >= 15 is 0 Å². The molecule has 1 radical (unpaired) electrons. The smallest absolute Gasteiger partial charge is 0.375 e. The SMILES string of the molecule is [O]B(OCI)OCI. The molecule has 6 heteroatoms. The van der Waals surface area contributed by atoms with Gasteiger partial charge in [-0.05, 0) is 0 Å². The van der Waals surface area contributed by atoms with Crippen LogP contribution in [0.4, 0.5) is 0 Å². The van der Waals surface area contributed by atoms with Gasteiger partial charge in [0.05, 0.1) is 9.23 Å². The third-order valence-corrected chi connectivity index (χ3v) is 1.12. The Morgan fingerprint density at radius 2 is 1.62 bits per heavy atom. The van der Waals surface area contributed by atoms with Crippen LogP contribution in [0, 0.1) is 0 Å². The Hall–Kier alpha value is 1.40. The van der Waals surface area contributed by atoms with Gasteiger partial charge in [0.15, 0.2) is 0 Å². The fourth-order valence-corrected chi connectivity index (χ4v) is 0.738. The standard InChI is InChI=1S/C2H4BI2O3/c4-1-7-3(6)8-2-5/h1-2H2. The van der Waals surface area contributed by atoms with Crippen molar-refractivity contribution >= 4 is 52.5 Å². The molecule has 0 aliphatic carbocycles. The molecule has 0 heterocycles. The molecule has 0 aliphatic heterocycles. The second-order valence-electron chi connectivity index (χ2n) is 0.840. The lowest BCUT2D eigenvalue weighted by molar-refractivity contribution is 0.154. The highest BCUT2D eigenvalue weighted by atomic mass is 127. The Labute approximate surface area is 75.6 Å². The summed E-state index contributed by atoms with van der Waals surface area (Å²) in [7, 11) is -1.30. The zero-order valence-corrected chi connectivity index (χ0v) is 8.29. The highest BCUT2D eigenvalue weighted by molar-refractivity contribution is 14.1. The fraction of sp³-hybridized carbons (Fsp3) is 1.00. The Morgan fingerprint density at radius 3 is 1.88 bits per heavy atom. The molecule has 0 rings (SSSR count). The Bertz CT molecular complexity index is 48.5. The van der Waals surface area contributed by atoms with E-state index in [1.54, 1.807) is 0 Å². The first-order valence-corrected chi connectivity index (χ1v) is 4.87. The van der Waals surface area contributed by atoms with Crippen molar-refractivity contribution in [3.05, 3.63) is 0 Å². The lowest BCUT2D eigenvalue weighted by Crippen LogP contribution is -2.18. The molecule has 0 N–H and O–H groups in total. The normalized spacial score (nSPS) is 9.38. The van der Waals surface area contributed by atoms with Crippen LogP contribution in [-0.4, -0.2) is 16.5 Å². The minimum atomic E-state index is -1.30. The van der Waals surface area contributed by atoms with E-state index < -0.39 is 7.32 Å². The summed E-state index contributed by atoms with van der Waals surface area (Å²) in [6.45, 7) is 0. The number of halogens is 2. The molecule has 0 aromatic rings. The molecule has 0 amide bonds. The molecule has 0 aromatic heterocycles. The van der Waals surface area contributed by atoms with E-state index in [0.29, 0.717) is 9.23 Å². The molecule has 3 nitrogen and oxygen atoms in total. The van der Waals surface area contributed by atoms with Crippen molar-refractivity contribution in [2.75, 3.05) is 9.23 Å². The first kappa shape index (κ1) is 9.40. The molecule has 0 unspecified atom stereocenters. The molecule has 0 aliphatic rings. The summed E-state index contributed by atoms with van der Waals surface area (Å²) in [5.41, 5.74) is 0. The predicted molar refractivity (Wildman–Crippen MR) is 46.4 cm³/mol. The number of hydrogen-bond donors (Lipinski definition) is 0. The summed E-state index contributed by atoms with van der Waals surface area (Å²) in [6, 6.07) is 0. The molecule has 0 spiro atoms. The lowest BCUT2D eigenvalue weighted by Gasteiger charge is -1.98. The molecule has 8 heavy (non-hydrogen) atoms. The van der Waals surface area contributed by atoms with E-state index in [0.717, 1.165) is 0 Å². The number of rotatable bonds is 4. The molecule has 0 bridgehead atoms. The Kier molecular flexibility index (Phi) is 7.67. The zero-order chi connectivity index (χ0) is 6.41. The van der Waals surface area contributed by atoms with E-state index in [1.165, 1.54) is 0 Å². The minimum Gasteiger partial charge on any atom is -0.375 e. The third-order valence-electron chi connectivity index (χ3n) is 0.398. The topological polar surface area (TPSA) is 38.4 Å². The first-order chi connectivity index (χ1) is 3.81. The second-order valence-corrected chi connectivity index (χ2v) is 2.09. The highest BCUT2D eigenvalue weighted by Gasteiger charge is 2.15. The zero-order valence-electron chi connectivity index (χ0n) is 3.97. The van der Waals surface area contributed by atoms with Crippen LogP contribution in [0.2, 0.25) is 0 Å². The van der Waals surface area contributed by atoms with Gasteiger partial charge in [0.1, 0.15) is 0 Å². The molecule has 0 atom stereocenters. The third kappa shape index (κ3) is 5.54. The quantitative estimate of drug-likeness (QED) is 0.438. The average Bonchev–Trinajstić information content (AvgIpc) is 1.68. The van der Waals surface area contributed by atoms with E-state index in [1.807, 2.05) is 45.2 Å². The molecule has 47 valence electrons. The monoisotopic (exact) mass is 341 g/mol. The summed E-state index contributed by atoms with van der Waals surface area (Å²) >= 11 is 3.88. The van der Waals surface area contributed by atoms with Gasteiger partial charge in [-0.25, -0.2) is 5.02 Å². The van der Waals surface area contributed by atoms with Gasteiger partial charge < -0.3 is 9.31 Å². The molecule has 0 fully saturated rings. The van der Waals surface area contributed by atoms with Crippen LogP contribution in [0.3, 0.4) is 0 Å². The average molecular weight is 341 g/mol. The van der Waals surface area contributed by atoms with Gasteiger partial charge in [-0.1, -0.05) is 45.2 Å². The van der Waals surface area contributed by atoms with E-state index in [-0.39, 0.29) is 0 Å². The highest BCUT2D eigenvalue weighted by Crippen LogP contribution is 1.92. The van der Waals surface area contributed by atoms with Gasteiger partial charge in [-0.3, -0.25) is 0 Å². The van der Waals surface area contributed by atoms with Crippen molar-refractivity contribution < 1.29 is 14.3 Å². The van der Waals surface area contributed by atoms with Crippen molar-refractivity contribution in [1.29, 1.82) is 0 Å². The van der Waals surface area contributed by atoms with Gasteiger partial charge >= 0.3 is 7.32 Å². The van der Waals surface area contributed by atoms with Gasteiger partial charge in [-0.2, -0.15) is 0 Å². The summed E-state index contributed by atoms with van der Waals surface area (Å²) < 4.78 is 9.73. The van der Waals surface area contributed by atoms with Crippen LogP contribution < -0.4 is 0 Å². The summed E-state index contributed by atoms with van der Waals surface area (Å²) in [6.07, 6.45) is 0. The van der Waals surface area contributed by atoms with Crippen LogP contribution in [0.15, 0.2) is 0 Å². The minimum absolute atomic E-state index is 0.378. The van der Waals surface area contributed by atoms with Crippen LogP contribution in [0.25, 0.3) is 0 Å². The van der Waals surface area contributed by atoms with Crippen molar-refractivity contribution in [2.24, 2.45) is 0 Å². The maximum atomic E-state index is 10.3. The van der Waals surface area contributed by atoms with Crippen LogP contribution >= 0.6 is 45.2 Å². The largest absolute Gasteiger partial charge is 0.668 e. The first-order valence-electron chi connectivity index (χ1n) is 1.82. The predicted octanol–water partition coefficient (Wildman–Crippen LogP) is 1.22. The van der Waals surface area contributed by atoms with Gasteiger partial charge in [0.2, 0.25) is 0 Å². The number of hydrogen-bond acceptors (Lipinski definition) is 2. The maximum absolute atomic E-state index is 10.3. The summed E-state index contributed by atoms with van der Waals surface area (Å²) in [5, 5.41) is 10.3. The molecular formula is C2H4BI2O3. The molecule has 0 aromatic carbocycles. The second kappa shape index (κ2) is 6.52. The maximum Gasteiger partial charge on any atom is 0.668 e. The van der Waals surface area contributed by atoms with Crippen molar-refractivity contribution in [1.82, 2.24) is 0 Å². The molecule has 0 saturated carbocycles. The van der Waals surface area contributed by atoms with Crippen LogP contribution in [0.1, 0.15) is 0 Å². The van der Waals surface area contributed by atoms with Gasteiger partial charge in [0.25, 0.3) is 0 Å². The van der Waals surface area contributed by atoms with Crippen molar-refractivity contribution in [2.45, 2.75) is 0 Å². The molecular weight excluding hydrogens is 337 g/mol. The van der Waals surface area contributed by atoms with E-state index in [9.17, 15) is 5.02 Å². The van der Waals surface area contributed by atoms with Gasteiger partial charge in [-0.15, -0.1) is 0 Å². The van der Waals surface area contributed by atoms with E-state index in [4.69, 9.17) is 0 Å². The number of alkyl halides is 2. The lowest BCUT2D eigenvalue weighted by atomic mass is 10.3. The van der Waals surface area contributed by atoms with Crippen LogP contribution in [0.5, 0.6) is 0 Å². The fourth-order valence-electron chi connectivity index (χ4n) is 0.151. The van der Waals surface area contributed by atoms with Crippen molar-refractivity contribution in [3.63, 3.8) is 0 Å². The van der Waals surface area contributed by atoms with Gasteiger partial charge in [0, 0.05) is 0 Å². The van der Waals surface area contributed by atoms with Crippen LogP contribution in [-0.2, 0) is 14.3 Å². The molecule has 0 saturated heterocycles. The Morgan fingerprint density at radius 1 is 1.25 bits per heavy atom. The summed E-state index contributed by atoms with van der Waals surface area (Å²) in [5.74, 6) is 0. The van der Waals surface area contributed by atoms with Crippen molar-refractivity contribution in [3.8, 4) is 0 Å². The van der Waals surface area contributed by atoms with E-state index in [2.05, 4.69) is 9.31 Å².